The Kier molecular flexibility index (Phi) is 10.1. The van der Waals surface area contributed by atoms with Crippen molar-refractivity contribution in [3.8, 4) is 0 Å². The number of rotatable bonds is 9. The van der Waals surface area contributed by atoms with Crippen LogP contribution in [0.1, 0.15) is 18.4 Å². The summed E-state index contributed by atoms with van der Waals surface area (Å²) in [7, 11) is 1.53. The molecule has 0 saturated carbocycles. The second kappa shape index (κ2) is 12.0. The largest absolute Gasteiger partial charge is 0.480 e. The third kappa shape index (κ3) is 8.90. The molecule has 12 heteroatoms. The quantitative estimate of drug-likeness (QED) is 0.236. The second-order valence-corrected chi connectivity index (χ2v) is 6.69. The van der Waals surface area contributed by atoms with E-state index in [1.807, 2.05) is 0 Å². The highest BCUT2D eigenvalue weighted by atomic mass is 35.5. The van der Waals surface area contributed by atoms with Gasteiger partial charge in [-0.1, -0.05) is 29.3 Å². The van der Waals surface area contributed by atoms with Gasteiger partial charge in [-0.2, -0.15) is 0 Å². The van der Waals surface area contributed by atoms with Crippen LogP contribution in [0.15, 0.2) is 18.2 Å². The molecule has 10 nitrogen and oxygen atoms in total. The van der Waals surface area contributed by atoms with E-state index in [0.29, 0.717) is 15.6 Å². The van der Waals surface area contributed by atoms with E-state index in [9.17, 15) is 19.2 Å². The molecule has 0 fully saturated rings. The molecular weight excluding hydrogens is 425 g/mol. The Morgan fingerprint density at radius 3 is 2.21 bits per heavy atom. The summed E-state index contributed by atoms with van der Waals surface area (Å²) in [4.78, 5) is 46.5. The van der Waals surface area contributed by atoms with E-state index in [0.717, 1.165) is 0 Å². The number of benzene rings is 1. The van der Waals surface area contributed by atoms with Crippen molar-refractivity contribution in [1.29, 1.82) is 5.41 Å². The van der Waals surface area contributed by atoms with Crippen LogP contribution in [0.25, 0.3) is 0 Å². The Morgan fingerprint density at radius 1 is 1.07 bits per heavy atom. The summed E-state index contributed by atoms with van der Waals surface area (Å²) >= 11 is 12.0. The van der Waals surface area contributed by atoms with Crippen LogP contribution in [-0.2, 0) is 25.6 Å². The van der Waals surface area contributed by atoms with E-state index in [1.165, 1.54) is 7.05 Å². The minimum Gasteiger partial charge on any atom is -0.480 e. The molecule has 1 aromatic carbocycles. The van der Waals surface area contributed by atoms with E-state index in [2.05, 4.69) is 21.3 Å². The zero-order valence-electron chi connectivity index (χ0n) is 15.5. The van der Waals surface area contributed by atoms with Crippen LogP contribution in [0.4, 0.5) is 0 Å². The molecule has 0 bridgehead atoms. The van der Waals surface area contributed by atoms with Gasteiger partial charge in [-0.3, -0.25) is 30.4 Å². The summed E-state index contributed by atoms with van der Waals surface area (Å²) in [5.41, 5.74) is 0.383. The molecule has 158 valence electrons. The molecule has 1 atom stereocenters. The van der Waals surface area contributed by atoms with Crippen LogP contribution in [0.5, 0.6) is 0 Å². The Balaban J connectivity index is 2.48. The van der Waals surface area contributed by atoms with Gasteiger partial charge in [-0.05, 0) is 31.2 Å². The van der Waals surface area contributed by atoms with E-state index in [4.69, 9.17) is 33.7 Å². The van der Waals surface area contributed by atoms with Crippen molar-refractivity contribution in [2.24, 2.45) is 0 Å². The fourth-order valence-corrected chi connectivity index (χ4v) is 2.75. The maximum Gasteiger partial charge on any atom is 0.326 e. The molecular formula is C17H21Cl2N5O5. The molecule has 0 aromatic heterocycles. The molecule has 29 heavy (non-hydrogen) atoms. The SMILES string of the molecule is CNCC(=O)N[C@@H](CCC(=O)NC(=N)NC(=O)Cc1c(Cl)cccc1Cl)C(=O)O. The lowest BCUT2D eigenvalue weighted by molar-refractivity contribution is -0.142. The van der Waals surface area contributed by atoms with Crippen molar-refractivity contribution in [2.75, 3.05) is 13.6 Å². The number of halogens is 2. The topological polar surface area (TPSA) is 160 Å². The maximum absolute atomic E-state index is 12.0. The number of likely N-dealkylation sites (N-methyl/N-ethyl adjacent to an activating group) is 1. The summed E-state index contributed by atoms with van der Waals surface area (Å²) in [6.07, 6.45) is -0.673. The number of carbonyl (C=O) groups is 4. The monoisotopic (exact) mass is 445 g/mol. The lowest BCUT2D eigenvalue weighted by Gasteiger charge is -2.14. The number of hydrogen-bond donors (Lipinski definition) is 6. The normalized spacial score (nSPS) is 11.3. The van der Waals surface area contributed by atoms with Crippen LogP contribution in [0.3, 0.4) is 0 Å². The fourth-order valence-electron chi connectivity index (χ4n) is 2.22. The Labute approximate surface area is 176 Å². The first-order chi connectivity index (χ1) is 13.6. The highest BCUT2D eigenvalue weighted by Gasteiger charge is 2.21. The minimum absolute atomic E-state index is 0.0674. The summed E-state index contributed by atoms with van der Waals surface area (Å²) < 4.78 is 0. The highest BCUT2D eigenvalue weighted by molar-refractivity contribution is 6.36. The van der Waals surface area contributed by atoms with Crippen molar-refractivity contribution in [1.82, 2.24) is 21.3 Å². The summed E-state index contributed by atoms with van der Waals surface area (Å²) in [5.74, 6) is -3.71. The van der Waals surface area contributed by atoms with Crippen molar-refractivity contribution < 1.29 is 24.3 Å². The number of carboxylic acid groups (broad SMARTS) is 1. The number of guanidine groups is 1. The first-order valence-electron chi connectivity index (χ1n) is 8.42. The van der Waals surface area contributed by atoms with Crippen LogP contribution >= 0.6 is 23.2 Å². The zero-order chi connectivity index (χ0) is 22.0. The Hall–Kier alpha value is -2.69. The molecule has 3 amide bonds. The highest BCUT2D eigenvalue weighted by Crippen LogP contribution is 2.24. The molecule has 6 N–H and O–H groups in total. The molecule has 0 spiro atoms. The average Bonchev–Trinajstić information content (AvgIpc) is 2.61. The van der Waals surface area contributed by atoms with Crippen molar-refractivity contribution in [3.63, 3.8) is 0 Å². The van der Waals surface area contributed by atoms with Gasteiger partial charge < -0.3 is 15.7 Å². The summed E-state index contributed by atoms with van der Waals surface area (Å²) in [6.45, 7) is -0.0674. The lowest BCUT2D eigenvalue weighted by Crippen LogP contribution is -2.46. The fraction of sp³-hybridized carbons (Fsp3) is 0.353. The van der Waals surface area contributed by atoms with Gasteiger partial charge in [0.25, 0.3) is 0 Å². The Bertz CT molecular complexity index is 782. The predicted molar refractivity (Wildman–Crippen MR) is 107 cm³/mol. The number of carbonyl (C=O) groups excluding carboxylic acids is 3. The number of nitrogens with one attached hydrogen (secondary N) is 5. The standard InChI is InChI=1S/C17H21Cl2N5O5/c1-21-8-15(27)22-12(16(28)29)5-6-13(25)23-17(20)24-14(26)7-9-10(18)3-2-4-11(9)19/h2-4,12,21H,5-8H2,1H3,(H,22,27)(H,28,29)(H3,20,23,24,25,26)/t12-/m0/s1. The molecule has 1 aromatic rings. The molecule has 0 unspecified atom stereocenters. The zero-order valence-corrected chi connectivity index (χ0v) is 17.0. The summed E-state index contributed by atoms with van der Waals surface area (Å²) in [5, 5.41) is 26.5. The summed E-state index contributed by atoms with van der Waals surface area (Å²) in [6, 6.07) is 3.50. The van der Waals surface area contributed by atoms with E-state index in [-0.39, 0.29) is 25.8 Å². The molecule has 0 radical (unpaired) electrons. The van der Waals surface area contributed by atoms with Crippen molar-refractivity contribution >= 4 is 52.9 Å². The third-order valence-corrected chi connectivity index (χ3v) is 4.27. The first kappa shape index (κ1) is 24.3. The van der Waals surface area contributed by atoms with Crippen LogP contribution in [-0.4, -0.2) is 54.4 Å². The maximum atomic E-state index is 12.0. The molecule has 0 aliphatic carbocycles. The van der Waals surface area contributed by atoms with Crippen molar-refractivity contribution in [3.05, 3.63) is 33.8 Å². The van der Waals surface area contributed by atoms with Gasteiger partial charge in [0.15, 0.2) is 0 Å². The smallest absolute Gasteiger partial charge is 0.326 e. The molecule has 0 aliphatic heterocycles. The molecule has 1 rings (SSSR count). The predicted octanol–water partition coefficient (Wildman–Crippen LogP) is 0.272. The number of carboxylic acids is 1. The van der Waals surface area contributed by atoms with Crippen LogP contribution in [0.2, 0.25) is 10.0 Å². The van der Waals surface area contributed by atoms with Gasteiger partial charge in [0.05, 0.1) is 13.0 Å². The van der Waals surface area contributed by atoms with E-state index < -0.39 is 35.7 Å². The van der Waals surface area contributed by atoms with Crippen LogP contribution in [0, 0.1) is 5.41 Å². The van der Waals surface area contributed by atoms with Crippen LogP contribution < -0.4 is 21.3 Å². The first-order valence-corrected chi connectivity index (χ1v) is 9.17. The van der Waals surface area contributed by atoms with Gasteiger partial charge >= 0.3 is 5.97 Å². The number of aliphatic carboxylic acids is 1. The van der Waals surface area contributed by atoms with Gasteiger partial charge in [-0.25, -0.2) is 4.79 Å². The Morgan fingerprint density at radius 2 is 1.66 bits per heavy atom. The molecule has 0 aliphatic rings. The second-order valence-electron chi connectivity index (χ2n) is 5.88. The number of hydrogen-bond acceptors (Lipinski definition) is 6. The van der Waals surface area contributed by atoms with Gasteiger partial charge in [0.2, 0.25) is 23.7 Å². The lowest BCUT2D eigenvalue weighted by atomic mass is 10.1. The van der Waals surface area contributed by atoms with Gasteiger partial charge in [0.1, 0.15) is 6.04 Å². The van der Waals surface area contributed by atoms with Gasteiger partial charge in [0, 0.05) is 16.5 Å². The van der Waals surface area contributed by atoms with Gasteiger partial charge in [-0.15, -0.1) is 0 Å². The number of amides is 3. The van der Waals surface area contributed by atoms with E-state index >= 15 is 0 Å². The minimum atomic E-state index is -1.29. The average molecular weight is 446 g/mol. The van der Waals surface area contributed by atoms with Crippen molar-refractivity contribution in [2.45, 2.75) is 25.3 Å². The third-order valence-electron chi connectivity index (χ3n) is 3.56. The van der Waals surface area contributed by atoms with E-state index in [1.54, 1.807) is 18.2 Å². The molecule has 0 heterocycles. The molecule has 0 saturated heterocycles.